The van der Waals surface area contributed by atoms with Gasteiger partial charge in [-0.05, 0) is 49.4 Å². The van der Waals surface area contributed by atoms with Gasteiger partial charge in [0.15, 0.2) is 0 Å². The second kappa shape index (κ2) is 8.45. The van der Waals surface area contributed by atoms with Crippen LogP contribution in [0.25, 0.3) is 0 Å². The van der Waals surface area contributed by atoms with Crippen LogP contribution < -0.4 is 5.32 Å². The summed E-state index contributed by atoms with van der Waals surface area (Å²) in [4.78, 5) is 53.1. The summed E-state index contributed by atoms with van der Waals surface area (Å²) >= 11 is 0. The van der Waals surface area contributed by atoms with E-state index in [0.717, 1.165) is 11.4 Å². The molecule has 0 aliphatic carbocycles. The molecule has 8 nitrogen and oxygen atoms in total. The second-order valence-corrected chi connectivity index (χ2v) is 9.50. The first kappa shape index (κ1) is 22.4. The molecule has 3 atom stereocenters. The summed E-state index contributed by atoms with van der Waals surface area (Å²) in [5, 5.41) is 13.7. The Morgan fingerprint density at radius 3 is 2.47 bits per heavy atom. The molecule has 34 heavy (non-hydrogen) atoms. The third-order valence-electron chi connectivity index (χ3n) is 7.27. The minimum absolute atomic E-state index is 0.0756. The van der Waals surface area contributed by atoms with Crippen LogP contribution >= 0.6 is 0 Å². The molecule has 4 amide bonds. The standard InChI is InChI=1S/C26H27N3O5/c1-16-14-26(34,11-12-28(16)15-17-5-3-2-4-6-17)18-7-8-19-20(13-18)25(33)29(24(19)32)21-9-10-22(30)27-23(21)31/h2-8,13,16,21,34H,9-12,14-15H2,1H3,(H,27,30,31). The van der Waals surface area contributed by atoms with Crippen molar-refractivity contribution in [2.24, 2.45) is 0 Å². The fraction of sp³-hybridized carbons (Fsp3) is 0.385. The topological polar surface area (TPSA) is 107 Å². The molecule has 0 radical (unpaired) electrons. The van der Waals surface area contributed by atoms with Crippen LogP contribution in [0, 0.1) is 0 Å². The first-order chi connectivity index (χ1) is 16.3. The van der Waals surface area contributed by atoms with Crippen molar-refractivity contribution >= 4 is 23.6 Å². The molecule has 2 fully saturated rings. The van der Waals surface area contributed by atoms with E-state index < -0.39 is 35.3 Å². The number of benzene rings is 2. The highest BCUT2D eigenvalue weighted by Gasteiger charge is 2.46. The minimum Gasteiger partial charge on any atom is -0.385 e. The average molecular weight is 462 g/mol. The molecule has 3 aliphatic heterocycles. The van der Waals surface area contributed by atoms with Gasteiger partial charge in [-0.25, -0.2) is 0 Å². The highest BCUT2D eigenvalue weighted by Crippen LogP contribution is 2.38. The maximum atomic E-state index is 13.1. The van der Waals surface area contributed by atoms with Gasteiger partial charge in [0.25, 0.3) is 11.8 Å². The summed E-state index contributed by atoms with van der Waals surface area (Å²) in [6.07, 6.45) is 1.19. The van der Waals surface area contributed by atoms with Gasteiger partial charge in [0.1, 0.15) is 6.04 Å². The SMILES string of the molecule is CC1CC(O)(c2ccc3c(c2)C(=O)N(C2CCC(=O)NC2=O)C3=O)CCN1Cc1ccccc1. The van der Waals surface area contributed by atoms with Crippen molar-refractivity contribution in [1.29, 1.82) is 0 Å². The number of nitrogens with zero attached hydrogens (tertiary/aromatic N) is 2. The van der Waals surface area contributed by atoms with Crippen LogP contribution in [0.5, 0.6) is 0 Å². The Morgan fingerprint density at radius 2 is 1.76 bits per heavy atom. The molecule has 3 aliphatic rings. The van der Waals surface area contributed by atoms with Crippen LogP contribution in [-0.2, 0) is 21.7 Å². The molecule has 2 N–H and O–H groups in total. The van der Waals surface area contributed by atoms with Gasteiger partial charge < -0.3 is 5.11 Å². The number of fused-ring (bicyclic) bond motifs is 1. The van der Waals surface area contributed by atoms with Gasteiger partial charge in [-0.3, -0.25) is 34.3 Å². The van der Waals surface area contributed by atoms with Gasteiger partial charge in [-0.15, -0.1) is 0 Å². The number of imide groups is 2. The van der Waals surface area contributed by atoms with Crippen LogP contribution in [0.15, 0.2) is 48.5 Å². The number of carbonyl (C=O) groups is 4. The van der Waals surface area contributed by atoms with Gasteiger partial charge in [0.2, 0.25) is 11.8 Å². The molecule has 8 heteroatoms. The van der Waals surface area contributed by atoms with E-state index in [1.807, 2.05) is 18.2 Å². The van der Waals surface area contributed by atoms with Crippen LogP contribution in [0.2, 0.25) is 0 Å². The van der Waals surface area contributed by atoms with E-state index in [4.69, 9.17) is 0 Å². The van der Waals surface area contributed by atoms with Crippen LogP contribution in [-0.4, -0.2) is 57.2 Å². The third-order valence-corrected chi connectivity index (χ3v) is 7.27. The number of nitrogens with one attached hydrogen (secondary N) is 1. The smallest absolute Gasteiger partial charge is 0.262 e. The molecule has 3 heterocycles. The largest absolute Gasteiger partial charge is 0.385 e. The quantitative estimate of drug-likeness (QED) is 0.674. The molecule has 0 spiro atoms. The van der Waals surface area contributed by atoms with E-state index in [9.17, 15) is 24.3 Å². The van der Waals surface area contributed by atoms with Crippen molar-refractivity contribution in [2.75, 3.05) is 6.54 Å². The summed E-state index contributed by atoms with van der Waals surface area (Å²) in [7, 11) is 0. The first-order valence-corrected chi connectivity index (χ1v) is 11.6. The molecule has 3 unspecified atom stereocenters. The Balaban J connectivity index is 1.35. The lowest BCUT2D eigenvalue weighted by molar-refractivity contribution is -0.136. The molecule has 2 aromatic carbocycles. The van der Waals surface area contributed by atoms with E-state index in [0.29, 0.717) is 24.9 Å². The molecular weight excluding hydrogens is 434 g/mol. The molecule has 0 aromatic heterocycles. The van der Waals surface area contributed by atoms with Gasteiger partial charge in [0, 0.05) is 25.6 Å². The Labute approximate surface area is 197 Å². The van der Waals surface area contributed by atoms with E-state index in [2.05, 4.69) is 29.3 Å². The van der Waals surface area contributed by atoms with Crippen molar-refractivity contribution in [3.05, 3.63) is 70.8 Å². The average Bonchev–Trinajstić information content (AvgIpc) is 3.06. The summed E-state index contributed by atoms with van der Waals surface area (Å²) in [6.45, 7) is 3.58. The Hall–Kier alpha value is -3.36. The molecule has 2 aromatic rings. The number of hydrogen-bond acceptors (Lipinski definition) is 6. The number of carbonyl (C=O) groups excluding carboxylic acids is 4. The molecule has 0 saturated carbocycles. The number of likely N-dealkylation sites (tertiary alicyclic amines) is 1. The van der Waals surface area contributed by atoms with Gasteiger partial charge in [-0.1, -0.05) is 36.4 Å². The van der Waals surface area contributed by atoms with E-state index >= 15 is 0 Å². The maximum absolute atomic E-state index is 13.1. The van der Waals surface area contributed by atoms with E-state index in [-0.39, 0.29) is 30.0 Å². The minimum atomic E-state index is -1.12. The Bertz CT molecular complexity index is 1180. The second-order valence-electron chi connectivity index (χ2n) is 9.50. The van der Waals surface area contributed by atoms with Gasteiger partial charge in [0.05, 0.1) is 16.7 Å². The van der Waals surface area contributed by atoms with Crippen molar-refractivity contribution in [1.82, 2.24) is 15.1 Å². The van der Waals surface area contributed by atoms with Gasteiger partial charge >= 0.3 is 0 Å². The Morgan fingerprint density at radius 1 is 1.03 bits per heavy atom. The predicted molar refractivity (Wildman–Crippen MR) is 123 cm³/mol. The zero-order valence-corrected chi connectivity index (χ0v) is 19.0. The highest BCUT2D eigenvalue weighted by atomic mass is 16.3. The summed E-state index contributed by atoms with van der Waals surface area (Å²) < 4.78 is 0. The van der Waals surface area contributed by atoms with E-state index in [1.54, 1.807) is 18.2 Å². The monoisotopic (exact) mass is 461 g/mol. The molecular formula is C26H27N3O5. The number of rotatable bonds is 4. The molecule has 5 rings (SSSR count). The number of hydrogen-bond donors (Lipinski definition) is 2. The lowest BCUT2D eigenvalue weighted by Crippen LogP contribution is -2.54. The zero-order chi connectivity index (χ0) is 24.0. The number of aliphatic hydroxyl groups is 1. The van der Waals surface area contributed by atoms with Crippen molar-refractivity contribution in [2.45, 2.75) is 56.8 Å². The normalized spacial score (nSPS) is 27.6. The van der Waals surface area contributed by atoms with Crippen LogP contribution in [0.1, 0.15) is 64.4 Å². The lowest BCUT2D eigenvalue weighted by atomic mass is 9.80. The summed E-state index contributed by atoms with van der Waals surface area (Å²) in [6, 6.07) is 14.2. The Kier molecular flexibility index (Phi) is 5.58. The number of amides is 4. The molecule has 176 valence electrons. The molecule has 0 bridgehead atoms. The van der Waals surface area contributed by atoms with E-state index in [1.165, 1.54) is 5.56 Å². The van der Waals surface area contributed by atoms with Crippen molar-refractivity contribution < 1.29 is 24.3 Å². The van der Waals surface area contributed by atoms with Crippen LogP contribution in [0.3, 0.4) is 0 Å². The third kappa shape index (κ3) is 3.82. The summed E-state index contributed by atoms with van der Waals surface area (Å²) in [5.41, 5.74) is 1.11. The van der Waals surface area contributed by atoms with Gasteiger partial charge in [-0.2, -0.15) is 0 Å². The maximum Gasteiger partial charge on any atom is 0.262 e. The first-order valence-electron chi connectivity index (χ1n) is 11.6. The highest BCUT2D eigenvalue weighted by molar-refractivity contribution is 6.23. The van der Waals surface area contributed by atoms with Crippen molar-refractivity contribution in [3.63, 3.8) is 0 Å². The molecule has 2 saturated heterocycles. The fourth-order valence-electron chi connectivity index (χ4n) is 5.34. The summed E-state index contributed by atoms with van der Waals surface area (Å²) in [5.74, 6) is -2.15. The van der Waals surface area contributed by atoms with Crippen molar-refractivity contribution in [3.8, 4) is 0 Å². The van der Waals surface area contributed by atoms with Crippen LogP contribution in [0.4, 0.5) is 0 Å². The fourth-order valence-corrected chi connectivity index (χ4v) is 5.34. The lowest BCUT2D eigenvalue weighted by Gasteiger charge is -2.43. The predicted octanol–water partition coefficient (Wildman–Crippen LogP) is 1.96. The number of piperidine rings is 2. The zero-order valence-electron chi connectivity index (χ0n) is 19.0.